The summed E-state index contributed by atoms with van der Waals surface area (Å²) in [4.78, 5) is 22.3. The van der Waals surface area contributed by atoms with Crippen molar-refractivity contribution in [3.63, 3.8) is 0 Å². The van der Waals surface area contributed by atoms with Crippen LogP contribution in [-0.2, 0) is 13.1 Å². The Balaban J connectivity index is 1.57. The number of fused-ring (bicyclic) bond motifs is 1. The van der Waals surface area contributed by atoms with Crippen LogP contribution >= 0.6 is 0 Å². The van der Waals surface area contributed by atoms with Crippen LogP contribution in [0.5, 0.6) is 0 Å². The largest absolute Gasteiger partial charge is 0.309 e. The van der Waals surface area contributed by atoms with Gasteiger partial charge in [-0.05, 0) is 37.6 Å². The van der Waals surface area contributed by atoms with Crippen LogP contribution in [0, 0.1) is 0 Å². The second-order valence-electron chi connectivity index (χ2n) is 6.38. The molecule has 0 aliphatic carbocycles. The monoisotopic (exact) mass is 323 g/mol. The lowest BCUT2D eigenvalue weighted by molar-refractivity contribution is 0.119. The third-order valence-electron chi connectivity index (χ3n) is 4.72. The second-order valence-corrected chi connectivity index (χ2v) is 6.38. The molecule has 1 N–H and O–H groups in total. The van der Waals surface area contributed by atoms with Crippen molar-refractivity contribution in [2.24, 2.45) is 0 Å². The van der Waals surface area contributed by atoms with Crippen molar-refractivity contribution in [1.82, 2.24) is 24.6 Å². The van der Waals surface area contributed by atoms with E-state index in [1.54, 1.807) is 0 Å². The van der Waals surface area contributed by atoms with Gasteiger partial charge in [0.15, 0.2) is 0 Å². The van der Waals surface area contributed by atoms with Gasteiger partial charge in [0, 0.05) is 18.4 Å². The number of aromatic nitrogens is 4. The first-order chi connectivity index (χ1) is 11.8. The van der Waals surface area contributed by atoms with Crippen molar-refractivity contribution in [3.05, 3.63) is 58.9 Å². The van der Waals surface area contributed by atoms with Gasteiger partial charge in [0.2, 0.25) is 0 Å². The lowest BCUT2D eigenvalue weighted by Crippen LogP contribution is -2.42. The molecule has 1 aliphatic rings. The van der Waals surface area contributed by atoms with Crippen molar-refractivity contribution < 1.29 is 0 Å². The lowest BCUT2D eigenvalue weighted by Gasteiger charge is -2.35. The smallest absolute Gasteiger partial charge is 0.258 e. The molecule has 3 aromatic rings. The molecule has 0 radical (unpaired) electrons. The first-order valence-corrected chi connectivity index (χ1v) is 8.49. The quantitative estimate of drug-likeness (QED) is 0.799. The summed E-state index contributed by atoms with van der Waals surface area (Å²) in [6.45, 7) is 2.58. The molecule has 2 aromatic heterocycles. The highest BCUT2D eigenvalue weighted by Gasteiger charge is 2.23. The normalized spacial score (nSPS) is 18.9. The maximum absolute atomic E-state index is 12.3. The van der Waals surface area contributed by atoms with Crippen LogP contribution in [0.3, 0.4) is 0 Å². The minimum absolute atomic E-state index is 0.0590. The second kappa shape index (κ2) is 6.57. The molecule has 0 saturated carbocycles. The molecular formula is C18H21N5O. The summed E-state index contributed by atoms with van der Waals surface area (Å²) in [7, 11) is 0. The summed E-state index contributed by atoms with van der Waals surface area (Å²) < 4.78 is 1.99. The standard InChI is InChI=1S/C18H21N5O/c24-18-15-7-1-2-8-16(15)20-17(21-18)13-22-10-4-3-6-14(22)12-23-11-5-9-19-23/h1-2,5,7-9,11,14H,3-4,6,10,12-13H2,(H,20,21,24)/t14-/m1/s1. The first-order valence-electron chi connectivity index (χ1n) is 8.49. The zero-order valence-corrected chi connectivity index (χ0v) is 13.6. The summed E-state index contributed by atoms with van der Waals surface area (Å²) in [5.41, 5.74) is 0.702. The number of hydrogen-bond acceptors (Lipinski definition) is 4. The van der Waals surface area contributed by atoms with Gasteiger partial charge in [-0.1, -0.05) is 18.6 Å². The van der Waals surface area contributed by atoms with Gasteiger partial charge < -0.3 is 4.98 Å². The zero-order chi connectivity index (χ0) is 16.4. The molecular weight excluding hydrogens is 302 g/mol. The average molecular weight is 323 g/mol. The number of rotatable bonds is 4. The van der Waals surface area contributed by atoms with Gasteiger partial charge in [-0.3, -0.25) is 14.4 Å². The van der Waals surface area contributed by atoms with Crippen molar-refractivity contribution in [3.8, 4) is 0 Å². The molecule has 124 valence electrons. The minimum Gasteiger partial charge on any atom is -0.309 e. The number of nitrogens with one attached hydrogen (secondary N) is 1. The van der Waals surface area contributed by atoms with Crippen LogP contribution in [-0.4, -0.2) is 37.2 Å². The Bertz CT molecular complexity index is 871. The van der Waals surface area contributed by atoms with Crippen LogP contribution in [0.4, 0.5) is 0 Å². The molecule has 1 atom stereocenters. The SMILES string of the molecule is O=c1[nH]c(CN2CCCC[C@@H]2Cn2cccn2)nc2ccccc12. The van der Waals surface area contributed by atoms with E-state index in [1.165, 1.54) is 12.8 Å². The number of likely N-dealkylation sites (tertiary alicyclic amines) is 1. The Morgan fingerprint density at radius 3 is 3.00 bits per heavy atom. The fourth-order valence-electron chi connectivity index (χ4n) is 3.50. The summed E-state index contributed by atoms with van der Waals surface area (Å²) in [6, 6.07) is 9.87. The number of para-hydroxylation sites is 1. The molecule has 0 spiro atoms. The molecule has 0 amide bonds. The average Bonchev–Trinajstić information content (AvgIpc) is 3.10. The Labute approximate surface area is 140 Å². The van der Waals surface area contributed by atoms with E-state index in [4.69, 9.17) is 0 Å². The Morgan fingerprint density at radius 2 is 2.12 bits per heavy atom. The van der Waals surface area contributed by atoms with E-state index in [-0.39, 0.29) is 5.56 Å². The number of aromatic amines is 1. The van der Waals surface area contributed by atoms with E-state index in [1.807, 2.05) is 47.4 Å². The summed E-state index contributed by atoms with van der Waals surface area (Å²) in [5.74, 6) is 0.742. The molecule has 1 aliphatic heterocycles. The summed E-state index contributed by atoms with van der Waals surface area (Å²) in [5, 5.41) is 4.97. The van der Waals surface area contributed by atoms with Gasteiger partial charge in [0.05, 0.1) is 24.0 Å². The molecule has 4 rings (SSSR count). The van der Waals surface area contributed by atoms with Crippen LogP contribution in [0.15, 0.2) is 47.5 Å². The summed E-state index contributed by atoms with van der Waals surface area (Å²) >= 11 is 0. The highest BCUT2D eigenvalue weighted by molar-refractivity contribution is 5.77. The van der Waals surface area contributed by atoms with Crippen molar-refractivity contribution in [2.45, 2.75) is 38.4 Å². The van der Waals surface area contributed by atoms with Gasteiger partial charge >= 0.3 is 0 Å². The number of H-pyrrole nitrogens is 1. The van der Waals surface area contributed by atoms with Crippen LogP contribution in [0.2, 0.25) is 0 Å². The number of nitrogens with zero attached hydrogens (tertiary/aromatic N) is 4. The zero-order valence-electron chi connectivity index (χ0n) is 13.6. The Kier molecular flexibility index (Phi) is 4.13. The molecule has 1 fully saturated rings. The van der Waals surface area contributed by atoms with E-state index in [2.05, 4.69) is 20.0 Å². The fraction of sp³-hybridized carbons (Fsp3) is 0.389. The molecule has 0 unspecified atom stereocenters. The predicted molar refractivity (Wildman–Crippen MR) is 92.6 cm³/mol. The van der Waals surface area contributed by atoms with Gasteiger partial charge in [0.25, 0.3) is 5.56 Å². The Hall–Kier alpha value is -2.47. The first kappa shape index (κ1) is 15.1. The molecule has 6 heteroatoms. The van der Waals surface area contributed by atoms with Gasteiger partial charge in [-0.2, -0.15) is 5.10 Å². The van der Waals surface area contributed by atoms with Gasteiger partial charge in [-0.15, -0.1) is 0 Å². The number of piperidine rings is 1. The van der Waals surface area contributed by atoms with Crippen molar-refractivity contribution in [1.29, 1.82) is 0 Å². The van der Waals surface area contributed by atoms with E-state index in [0.717, 1.165) is 30.9 Å². The van der Waals surface area contributed by atoms with E-state index in [0.29, 0.717) is 18.0 Å². The molecule has 1 saturated heterocycles. The van der Waals surface area contributed by atoms with Crippen molar-refractivity contribution >= 4 is 10.9 Å². The van der Waals surface area contributed by atoms with E-state index < -0.39 is 0 Å². The highest BCUT2D eigenvalue weighted by atomic mass is 16.1. The number of hydrogen-bond donors (Lipinski definition) is 1. The minimum atomic E-state index is -0.0590. The third kappa shape index (κ3) is 3.10. The Morgan fingerprint density at radius 1 is 1.21 bits per heavy atom. The third-order valence-corrected chi connectivity index (χ3v) is 4.72. The number of benzene rings is 1. The lowest BCUT2D eigenvalue weighted by atomic mass is 10.0. The highest BCUT2D eigenvalue weighted by Crippen LogP contribution is 2.20. The molecule has 1 aromatic carbocycles. The van der Waals surface area contributed by atoms with Crippen molar-refractivity contribution in [2.75, 3.05) is 6.54 Å². The predicted octanol–water partition coefficient (Wildman–Crippen LogP) is 2.17. The summed E-state index contributed by atoms with van der Waals surface area (Å²) in [6.07, 6.45) is 7.40. The van der Waals surface area contributed by atoms with Gasteiger partial charge in [-0.25, -0.2) is 4.98 Å². The van der Waals surface area contributed by atoms with E-state index >= 15 is 0 Å². The van der Waals surface area contributed by atoms with Gasteiger partial charge in [0.1, 0.15) is 5.82 Å². The maximum Gasteiger partial charge on any atom is 0.258 e. The topological polar surface area (TPSA) is 66.8 Å². The van der Waals surface area contributed by atoms with Crippen LogP contribution in [0.1, 0.15) is 25.1 Å². The molecule has 0 bridgehead atoms. The molecule has 3 heterocycles. The van der Waals surface area contributed by atoms with Crippen LogP contribution in [0.25, 0.3) is 10.9 Å². The molecule has 6 nitrogen and oxygen atoms in total. The maximum atomic E-state index is 12.3. The fourth-order valence-corrected chi connectivity index (χ4v) is 3.50. The molecule has 24 heavy (non-hydrogen) atoms. The van der Waals surface area contributed by atoms with E-state index in [9.17, 15) is 4.79 Å². The van der Waals surface area contributed by atoms with Crippen LogP contribution < -0.4 is 5.56 Å².